The van der Waals surface area contributed by atoms with Gasteiger partial charge in [-0.15, -0.1) is 0 Å². The molecular weight excluding hydrogens is 518 g/mol. The maximum Gasteiger partial charge on any atom is 0.134 e. The Morgan fingerprint density at radius 2 is 1.95 bits per heavy atom. The van der Waals surface area contributed by atoms with Crippen LogP contribution in [0.5, 0.6) is 5.75 Å². The van der Waals surface area contributed by atoms with Gasteiger partial charge in [-0.2, -0.15) is 5.26 Å². The van der Waals surface area contributed by atoms with Crippen molar-refractivity contribution in [3.8, 4) is 11.8 Å². The first kappa shape index (κ1) is 29.4. The van der Waals surface area contributed by atoms with Gasteiger partial charge in [-0.25, -0.2) is 0 Å². The summed E-state index contributed by atoms with van der Waals surface area (Å²) in [6.45, 7) is 6.95. The van der Waals surface area contributed by atoms with Crippen LogP contribution in [-0.4, -0.2) is 43.2 Å². The number of hydrogen-bond acceptors (Lipinski definition) is 6. The van der Waals surface area contributed by atoms with Crippen LogP contribution in [0, 0.1) is 40.4 Å². The Labute approximate surface area is 246 Å². The third-order valence-corrected chi connectivity index (χ3v) is 10.6. The number of allylic oxidation sites excluding steroid dienone is 2. The molecule has 7 heteroatoms. The molecule has 6 rings (SSSR count). The molecule has 0 aromatic heterocycles. The SMILES string of the molecule is C/C(NCC12CC3CC(C1)C(NCC1CCCCC1)C(C3)C2)=C(C#N)\C=N/C(C)NCCc1ccc(O)c(Cl)c1. The molecule has 0 heterocycles. The zero-order valence-electron chi connectivity index (χ0n) is 24.4. The summed E-state index contributed by atoms with van der Waals surface area (Å²) in [6, 6.07) is 8.37. The van der Waals surface area contributed by atoms with Gasteiger partial charge in [0.2, 0.25) is 0 Å². The number of nitrogens with zero attached hydrogens (tertiary/aromatic N) is 2. The Morgan fingerprint density at radius 1 is 1.20 bits per heavy atom. The number of hydrogen-bond donors (Lipinski definition) is 4. The molecule has 0 aliphatic heterocycles. The van der Waals surface area contributed by atoms with Crippen LogP contribution >= 0.6 is 11.6 Å². The van der Waals surface area contributed by atoms with E-state index in [1.54, 1.807) is 18.3 Å². The van der Waals surface area contributed by atoms with Crippen molar-refractivity contribution in [3.05, 3.63) is 40.1 Å². The Balaban J connectivity index is 1.10. The molecule has 4 N–H and O–H groups in total. The molecule has 0 amide bonds. The molecule has 1 aromatic carbocycles. The van der Waals surface area contributed by atoms with Crippen LogP contribution in [0.4, 0.5) is 0 Å². The van der Waals surface area contributed by atoms with Crippen molar-refractivity contribution in [2.24, 2.45) is 34.1 Å². The summed E-state index contributed by atoms with van der Waals surface area (Å²) in [5, 5.41) is 30.9. The molecule has 0 spiro atoms. The van der Waals surface area contributed by atoms with Crippen LogP contribution in [0.2, 0.25) is 5.02 Å². The third-order valence-electron chi connectivity index (χ3n) is 10.3. The molecule has 5 saturated carbocycles. The average molecular weight is 566 g/mol. The number of benzene rings is 1. The Bertz CT molecular complexity index is 1100. The smallest absolute Gasteiger partial charge is 0.134 e. The van der Waals surface area contributed by atoms with Crippen LogP contribution in [0.1, 0.15) is 83.6 Å². The highest BCUT2D eigenvalue weighted by Crippen LogP contribution is 2.59. The summed E-state index contributed by atoms with van der Waals surface area (Å²) in [5.41, 5.74) is 2.97. The molecule has 5 aliphatic carbocycles. The molecular formula is C33H48ClN5O. The predicted molar refractivity (Wildman–Crippen MR) is 163 cm³/mol. The van der Waals surface area contributed by atoms with E-state index in [4.69, 9.17) is 11.6 Å². The quantitative estimate of drug-likeness (QED) is 0.175. The fourth-order valence-electron chi connectivity index (χ4n) is 8.43. The normalized spacial score (nSPS) is 31.2. The molecule has 40 heavy (non-hydrogen) atoms. The van der Waals surface area contributed by atoms with Gasteiger partial charge in [-0.3, -0.25) is 10.3 Å². The fraction of sp³-hybridized carbons (Fsp3) is 0.697. The lowest BCUT2D eigenvalue weighted by Crippen LogP contribution is -2.60. The first-order valence-electron chi connectivity index (χ1n) is 15.7. The van der Waals surface area contributed by atoms with Gasteiger partial charge in [0.25, 0.3) is 0 Å². The standard InChI is InChI=1S/C33H48ClN5O/c1-22(29(18-35)20-37-23(2)36-11-10-24-8-9-31(40)30(34)14-24)39-21-33-15-26-12-27(16-33)32(28(13-26)17-33)38-19-25-6-4-3-5-7-25/h8-9,14,20,23,25-28,32,36,38-40H,3-7,10-13,15-17,19,21H2,1-2H3/b29-22+,37-20-. The molecule has 5 fully saturated rings. The minimum absolute atomic E-state index is 0.102. The van der Waals surface area contributed by atoms with Gasteiger partial charge in [-0.05, 0) is 119 Å². The summed E-state index contributed by atoms with van der Waals surface area (Å²) in [7, 11) is 0. The van der Waals surface area contributed by atoms with Gasteiger partial charge < -0.3 is 15.7 Å². The second-order valence-corrected chi connectivity index (χ2v) is 13.8. The van der Waals surface area contributed by atoms with Gasteiger partial charge in [0.1, 0.15) is 11.8 Å². The van der Waals surface area contributed by atoms with Gasteiger partial charge in [0.15, 0.2) is 0 Å². The van der Waals surface area contributed by atoms with Crippen LogP contribution in [0.3, 0.4) is 0 Å². The molecule has 1 aromatic rings. The van der Waals surface area contributed by atoms with Crippen LogP contribution in [0.25, 0.3) is 0 Å². The highest BCUT2D eigenvalue weighted by atomic mass is 35.5. The largest absolute Gasteiger partial charge is 0.506 e. The molecule has 5 aliphatic rings. The van der Waals surface area contributed by atoms with Crippen LogP contribution in [0.15, 0.2) is 34.5 Å². The van der Waals surface area contributed by atoms with Gasteiger partial charge in [0.05, 0.1) is 16.8 Å². The van der Waals surface area contributed by atoms with Gasteiger partial charge in [0, 0.05) is 31.0 Å². The lowest BCUT2D eigenvalue weighted by molar-refractivity contribution is -0.0750. The summed E-state index contributed by atoms with van der Waals surface area (Å²) >= 11 is 6.01. The monoisotopic (exact) mass is 565 g/mol. The van der Waals surface area contributed by atoms with E-state index in [0.717, 1.165) is 60.5 Å². The Hall–Kier alpha value is -2.07. The molecule has 3 atom stereocenters. The summed E-state index contributed by atoms with van der Waals surface area (Å²) < 4.78 is 0. The van der Waals surface area contributed by atoms with E-state index in [0.29, 0.717) is 16.0 Å². The van der Waals surface area contributed by atoms with E-state index in [1.165, 1.54) is 70.8 Å². The van der Waals surface area contributed by atoms with Crippen molar-refractivity contribution in [2.45, 2.75) is 96.7 Å². The summed E-state index contributed by atoms with van der Waals surface area (Å²) in [4.78, 5) is 4.59. The van der Waals surface area contributed by atoms with Crippen molar-refractivity contribution in [1.29, 1.82) is 5.26 Å². The minimum Gasteiger partial charge on any atom is -0.506 e. The van der Waals surface area contributed by atoms with E-state index in [1.807, 2.05) is 19.9 Å². The molecule has 6 nitrogen and oxygen atoms in total. The molecule has 0 radical (unpaired) electrons. The number of rotatable bonds is 12. The molecule has 0 saturated heterocycles. The summed E-state index contributed by atoms with van der Waals surface area (Å²) in [5.74, 6) is 3.53. The molecule has 4 bridgehead atoms. The third kappa shape index (κ3) is 7.22. The second-order valence-electron chi connectivity index (χ2n) is 13.4. The number of nitrogens with one attached hydrogen (secondary N) is 3. The first-order valence-corrected chi connectivity index (χ1v) is 16.0. The Kier molecular flexibility index (Phi) is 9.76. The molecule has 3 unspecified atom stereocenters. The lowest BCUT2D eigenvalue weighted by atomic mass is 9.48. The Morgan fingerprint density at radius 3 is 2.65 bits per heavy atom. The zero-order valence-corrected chi connectivity index (χ0v) is 25.1. The number of aliphatic imine (C=N–C) groups is 1. The van der Waals surface area contributed by atoms with Crippen molar-refractivity contribution in [1.82, 2.24) is 16.0 Å². The van der Waals surface area contributed by atoms with E-state index < -0.39 is 0 Å². The van der Waals surface area contributed by atoms with Crippen molar-refractivity contribution in [3.63, 3.8) is 0 Å². The second kappa shape index (κ2) is 13.3. The van der Waals surface area contributed by atoms with Gasteiger partial charge >= 0.3 is 0 Å². The van der Waals surface area contributed by atoms with Crippen LogP contribution < -0.4 is 16.0 Å². The highest BCUT2D eigenvalue weighted by molar-refractivity contribution is 6.32. The van der Waals surface area contributed by atoms with Crippen LogP contribution in [-0.2, 0) is 6.42 Å². The highest BCUT2D eigenvalue weighted by Gasteiger charge is 2.55. The fourth-order valence-corrected chi connectivity index (χ4v) is 8.63. The number of nitriles is 1. The summed E-state index contributed by atoms with van der Waals surface area (Å²) in [6.07, 6.45) is 16.3. The number of halogens is 1. The number of aromatic hydroxyl groups is 1. The molecule has 218 valence electrons. The van der Waals surface area contributed by atoms with E-state index >= 15 is 0 Å². The zero-order chi connectivity index (χ0) is 28.1. The van der Waals surface area contributed by atoms with E-state index in [9.17, 15) is 10.4 Å². The predicted octanol–water partition coefficient (Wildman–Crippen LogP) is 6.35. The average Bonchev–Trinajstić information content (AvgIpc) is 2.94. The lowest BCUT2D eigenvalue weighted by Gasteiger charge is -2.60. The number of phenolic OH excluding ortho intramolecular Hbond substituents is 1. The van der Waals surface area contributed by atoms with E-state index in [2.05, 4.69) is 27.0 Å². The first-order chi connectivity index (χ1) is 19.3. The number of phenols is 1. The minimum atomic E-state index is -0.107. The van der Waals surface area contributed by atoms with Crippen molar-refractivity contribution < 1.29 is 5.11 Å². The maximum atomic E-state index is 9.84. The van der Waals surface area contributed by atoms with Gasteiger partial charge in [-0.1, -0.05) is 36.9 Å². The van der Waals surface area contributed by atoms with Crippen molar-refractivity contribution in [2.75, 3.05) is 19.6 Å². The maximum absolute atomic E-state index is 9.84. The topological polar surface area (TPSA) is 92.5 Å². The van der Waals surface area contributed by atoms with Crippen molar-refractivity contribution >= 4 is 17.8 Å². The van der Waals surface area contributed by atoms with E-state index in [-0.39, 0.29) is 11.9 Å².